The summed E-state index contributed by atoms with van der Waals surface area (Å²) in [6.07, 6.45) is 8.24. The molecular formula is C13H21N3O3S. The topological polar surface area (TPSA) is 116 Å². The van der Waals surface area contributed by atoms with Crippen LogP contribution in [0.15, 0.2) is 28.8 Å². The van der Waals surface area contributed by atoms with E-state index in [0.717, 1.165) is 12.8 Å². The van der Waals surface area contributed by atoms with E-state index in [0.29, 0.717) is 12.0 Å². The van der Waals surface area contributed by atoms with Crippen LogP contribution >= 0.6 is 0 Å². The van der Waals surface area contributed by atoms with E-state index < -0.39 is 20.5 Å². The number of carbonyl (C=O) groups is 1. The zero-order valence-corrected chi connectivity index (χ0v) is 12.6. The first kappa shape index (κ1) is 16.4. The smallest absolute Gasteiger partial charge is 0.276 e. The number of guanidine groups is 1. The highest BCUT2D eigenvalue weighted by molar-refractivity contribution is 7.92. The lowest BCUT2D eigenvalue weighted by atomic mass is 9.89. The Labute approximate surface area is 119 Å². The van der Waals surface area contributed by atoms with Crippen LogP contribution in [0.5, 0.6) is 0 Å². The first-order valence-electron chi connectivity index (χ1n) is 6.44. The number of nitrogens with zero attached hydrogens (tertiary/aromatic N) is 1. The second kappa shape index (κ2) is 6.21. The molecule has 0 saturated heterocycles. The molecule has 0 bridgehead atoms. The molecule has 0 heterocycles. The Bertz CT molecular complexity index is 572. The fraction of sp³-hybridized carbons (Fsp3) is 0.538. The van der Waals surface area contributed by atoms with Gasteiger partial charge in [-0.15, -0.1) is 0 Å². The molecule has 7 heteroatoms. The molecule has 1 rings (SSSR count). The summed E-state index contributed by atoms with van der Waals surface area (Å²) in [4.78, 5) is 15.3. The summed E-state index contributed by atoms with van der Waals surface area (Å²) in [5, 5.41) is 0. The van der Waals surface area contributed by atoms with Crippen LogP contribution in [-0.4, -0.2) is 31.3 Å². The third kappa shape index (κ3) is 3.69. The van der Waals surface area contributed by atoms with Gasteiger partial charge in [0.05, 0.1) is 4.75 Å². The van der Waals surface area contributed by atoms with Crippen LogP contribution in [0.4, 0.5) is 0 Å². The molecule has 0 aliphatic heterocycles. The molecule has 0 aromatic rings. The van der Waals surface area contributed by atoms with Gasteiger partial charge in [-0.05, 0) is 6.42 Å². The van der Waals surface area contributed by atoms with E-state index in [2.05, 4.69) is 4.99 Å². The van der Waals surface area contributed by atoms with Crippen LogP contribution in [0.3, 0.4) is 0 Å². The van der Waals surface area contributed by atoms with Crippen LogP contribution in [0.25, 0.3) is 0 Å². The van der Waals surface area contributed by atoms with Crippen LogP contribution in [-0.2, 0) is 14.6 Å². The third-order valence-electron chi connectivity index (χ3n) is 3.38. The van der Waals surface area contributed by atoms with Gasteiger partial charge < -0.3 is 11.5 Å². The first-order chi connectivity index (χ1) is 9.22. The fourth-order valence-electron chi connectivity index (χ4n) is 2.20. The highest BCUT2D eigenvalue weighted by Gasteiger charge is 2.40. The van der Waals surface area contributed by atoms with Crippen molar-refractivity contribution in [3.05, 3.63) is 23.8 Å². The average molecular weight is 299 g/mol. The number of unbranched alkanes of at least 4 members (excludes halogenated alkanes) is 1. The summed E-state index contributed by atoms with van der Waals surface area (Å²) in [5.41, 5.74) is 10.7. The summed E-state index contributed by atoms with van der Waals surface area (Å²) in [7, 11) is -3.35. The Morgan fingerprint density at radius 1 is 1.45 bits per heavy atom. The summed E-state index contributed by atoms with van der Waals surface area (Å²) in [6.45, 7) is 1.99. The molecular weight excluding hydrogens is 278 g/mol. The number of amides is 1. The van der Waals surface area contributed by atoms with E-state index in [-0.39, 0.29) is 12.4 Å². The molecule has 0 aromatic heterocycles. The van der Waals surface area contributed by atoms with Crippen molar-refractivity contribution in [1.82, 2.24) is 0 Å². The van der Waals surface area contributed by atoms with Gasteiger partial charge in [0.1, 0.15) is 0 Å². The minimum atomic E-state index is -3.35. The molecule has 1 aliphatic rings. The summed E-state index contributed by atoms with van der Waals surface area (Å²) in [5.74, 6) is -0.914. The normalized spacial score (nSPS) is 22.2. The second-order valence-electron chi connectivity index (χ2n) is 5.01. The van der Waals surface area contributed by atoms with Crippen molar-refractivity contribution in [3.8, 4) is 0 Å². The quantitative estimate of drug-likeness (QED) is 0.571. The number of aliphatic imine (C=N–C) groups is 1. The monoisotopic (exact) mass is 299 g/mol. The van der Waals surface area contributed by atoms with E-state index in [4.69, 9.17) is 11.5 Å². The van der Waals surface area contributed by atoms with Crippen molar-refractivity contribution in [2.24, 2.45) is 16.5 Å². The third-order valence-corrected chi connectivity index (χ3v) is 5.35. The fourth-order valence-corrected chi connectivity index (χ4v) is 3.46. The van der Waals surface area contributed by atoms with Gasteiger partial charge in [0, 0.05) is 18.2 Å². The van der Waals surface area contributed by atoms with Crippen LogP contribution in [0.1, 0.15) is 32.6 Å². The van der Waals surface area contributed by atoms with Crippen molar-refractivity contribution in [2.45, 2.75) is 37.4 Å². The SMILES string of the molecule is CCCCC1(S(C)(=O)=O)C=CC=C(C(=O)N=C(N)N)C1. The molecule has 6 nitrogen and oxygen atoms in total. The molecule has 1 amide bonds. The maximum Gasteiger partial charge on any atom is 0.276 e. The number of rotatable bonds is 5. The van der Waals surface area contributed by atoms with E-state index >= 15 is 0 Å². The molecule has 20 heavy (non-hydrogen) atoms. The average Bonchev–Trinajstić information content (AvgIpc) is 2.34. The van der Waals surface area contributed by atoms with Gasteiger partial charge in [-0.2, -0.15) is 4.99 Å². The van der Waals surface area contributed by atoms with Gasteiger partial charge in [0.2, 0.25) is 0 Å². The van der Waals surface area contributed by atoms with E-state index in [1.807, 2.05) is 6.92 Å². The van der Waals surface area contributed by atoms with Gasteiger partial charge in [0.15, 0.2) is 15.8 Å². The number of hydrogen-bond acceptors (Lipinski definition) is 3. The number of hydrogen-bond donors (Lipinski definition) is 2. The zero-order chi connectivity index (χ0) is 15.4. The lowest BCUT2D eigenvalue weighted by Gasteiger charge is -2.31. The highest BCUT2D eigenvalue weighted by Crippen LogP contribution is 2.35. The Morgan fingerprint density at radius 3 is 2.60 bits per heavy atom. The first-order valence-corrected chi connectivity index (χ1v) is 8.33. The predicted molar refractivity (Wildman–Crippen MR) is 79.8 cm³/mol. The molecule has 0 fully saturated rings. The van der Waals surface area contributed by atoms with Gasteiger partial charge in [-0.25, -0.2) is 8.42 Å². The molecule has 0 radical (unpaired) electrons. The van der Waals surface area contributed by atoms with Gasteiger partial charge in [-0.1, -0.05) is 38.0 Å². The minimum absolute atomic E-state index is 0.109. The van der Waals surface area contributed by atoms with Gasteiger partial charge in [-0.3, -0.25) is 4.79 Å². The molecule has 0 aromatic carbocycles. The molecule has 1 aliphatic carbocycles. The van der Waals surface area contributed by atoms with E-state index in [1.165, 1.54) is 6.26 Å². The standard InChI is InChI=1S/C13H21N3O3S/c1-3-4-7-13(20(2,18)19)8-5-6-10(9-13)11(17)16-12(14)15/h5-6,8H,3-4,7,9H2,1-2H3,(H4,14,15,16,17). The van der Waals surface area contributed by atoms with Crippen molar-refractivity contribution in [2.75, 3.05) is 6.26 Å². The van der Waals surface area contributed by atoms with Crippen molar-refractivity contribution >= 4 is 21.7 Å². The summed E-state index contributed by atoms with van der Waals surface area (Å²) in [6, 6.07) is 0. The van der Waals surface area contributed by atoms with Crippen molar-refractivity contribution in [3.63, 3.8) is 0 Å². The zero-order valence-electron chi connectivity index (χ0n) is 11.8. The maximum absolute atomic E-state index is 12.1. The van der Waals surface area contributed by atoms with E-state index in [1.54, 1.807) is 18.2 Å². The second-order valence-corrected chi connectivity index (χ2v) is 7.37. The summed E-state index contributed by atoms with van der Waals surface area (Å²) < 4.78 is 23.2. The molecule has 4 N–H and O–H groups in total. The lowest BCUT2D eigenvalue weighted by Crippen LogP contribution is -2.38. The van der Waals surface area contributed by atoms with Crippen LogP contribution in [0.2, 0.25) is 0 Å². The number of nitrogens with two attached hydrogens (primary N) is 2. The highest BCUT2D eigenvalue weighted by atomic mass is 32.2. The molecule has 0 saturated carbocycles. The minimum Gasteiger partial charge on any atom is -0.370 e. The van der Waals surface area contributed by atoms with Crippen LogP contribution < -0.4 is 11.5 Å². The molecule has 112 valence electrons. The van der Waals surface area contributed by atoms with Gasteiger partial charge in [0.25, 0.3) is 5.91 Å². The van der Waals surface area contributed by atoms with E-state index in [9.17, 15) is 13.2 Å². The Hall–Kier alpha value is -1.63. The van der Waals surface area contributed by atoms with Crippen molar-refractivity contribution in [1.29, 1.82) is 0 Å². The molecule has 1 unspecified atom stereocenters. The maximum atomic E-state index is 12.1. The largest absolute Gasteiger partial charge is 0.370 e. The number of sulfone groups is 1. The predicted octanol–water partition coefficient (Wildman–Crippen LogP) is 0.646. The molecule has 1 atom stereocenters. The van der Waals surface area contributed by atoms with Crippen molar-refractivity contribution < 1.29 is 13.2 Å². The van der Waals surface area contributed by atoms with Gasteiger partial charge >= 0.3 is 0 Å². The Kier molecular flexibility index (Phi) is 5.10. The Morgan fingerprint density at radius 2 is 2.10 bits per heavy atom. The summed E-state index contributed by atoms with van der Waals surface area (Å²) >= 11 is 0. The lowest BCUT2D eigenvalue weighted by molar-refractivity contribution is -0.114. The Balaban J connectivity index is 3.10. The molecule has 0 spiro atoms. The number of allylic oxidation sites excluding steroid dienone is 2. The van der Waals surface area contributed by atoms with Crippen LogP contribution in [0, 0.1) is 0 Å². The number of carbonyl (C=O) groups excluding carboxylic acids is 1.